The fraction of sp³-hybridized carbons (Fsp3) is 0.294. The Kier molecular flexibility index (Phi) is 4.26. The predicted octanol–water partition coefficient (Wildman–Crippen LogP) is 2.79. The van der Waals surface area contributed by atoms with E-state index in [4.69, 9.17) is 14.2 Å². The Balaban J connectivity index is 1.46. The predicted molar refractivity (Wildman–Crippen MR) is 78.8 cm³/mol. The summed E-state index contributed by atoms with van der Waals surface area (Å²) in [6, 6.07) is 15.5. The average molecular weight is 286 g/mol. The SMILES string of the molecule is OC(CCc1ccccc1)COc1ccc2c(c1)OCO2. The van der Waals surface area contributed by atoms with Crippen LogP contribution in [0.4, 0.5) is 0 Å². The van der Waals surface area contributed by atoms with E-state index in [1.165, 1.54) is 5.56 Å². The van der Waals surface area contributed by atoms with Crippen molar-refractivity contribution < 1.29 is 19.3 Å². The maximum Gasteiger partial charge on any atom is 0.231 e. The third kappa shape index (κ3) is 3.67. The maximum atomic E-state index is 9.98. The van der Waals surface area contributed by atoms with Crippen LogP contribution in [0.5, 0.6) is 17.2 Å². The van der Waals surface area contributed by atoms with E-state index in [1.54, 1.807) is 6.07 Å². The molecule has 0 saturated carbocycles. The van der Waals surface area contributed by atoms with Crippen LogP contribution in [0.15, 0.2) is 48.5 Å². The molecule has 0 spiro atoms. The molecule has 0 aromatic heterocycles. The fourth-order valence-corrected chi connectivity index (χ4v) is 2.22. The van der Waals surface area contributed by atoms with Crippen molar-refractivity contribution in [3.8, 4) is 17.2 Å². The molecule has 1 N–H and O–H groups in total. The normalized spacial score (nSPS) is 14.0. The molecule has 1 heterocycles. The van der Waals surface area contributed by atoms with Crippen molar-refractivity contribution in [1.82, 2.24) is 0 Å². The minimum absolute atomic E-state index is 0.248. The van der Waals surface area contributed by atoms with Gasteiger partial charge in [0, 0.05) is 6.07 Å². The van der Waals surface area contributed by atoms with Crippen molar-refractivity contribution in [3.05, 3.63) is 54.1 Å². The summed E-state index contributed by atoms with van der Waals surface area (Å²) in [5.74, 6) is 2.09. The molecule has 1 atom stereocenters. The molecular formula is C17H18O4. The van der Waals surface area contributed by atoms with Gasteiger partial charge in [0.2, 0.25) is 6.79 Å². The molecule has 4 heteroatoms. The molecule has 2 aromatic carbocycles. The number of rotatable bonds is 6. The Labute approximate surface area is 123 Å². The number of aliphatic hydroxyl groups excluding tert-OH is 1. The second kappa shape index (κ2) is 6.50. The summed E-state index contributed by atoms with van der Waals surface area (Å²) in [4.78, 5) is 0. The van der Waals surface area contributed by atoms with Crippen LogP contribution < -0.4 is 14.2 Å². The zero-order chi connectivity index (χ0) is 14.5. The van der Waals surface area contributed by atoms with Gasteiger partial charge in [0.25, 0.3) is 0 Å². The second-order valence-electron chi connectivity index (χ2n) is 5.00. The van der Waals surface area contributed by atoms with Gasteiger partial charge in [-0.15, -0.1) is 0 Å². The fourth-order valence-electron chi connectivity index (χ4n) is 2.22. The number of benzene rings is 2. The van der Waals surface area contributed by atoms with E-state index in [0.29, 0.717) is 17.9 Å². The van der Waals surface area contributed by atoms with Crippen LogP contribution in [-0.4, -0.2) is 24.6 Å². The van der Waals surface area contributed by atoms with Gasteiger partial charge in [-0.1, -0.05) is 30.3 Å². The van der Waals surface area contributed by atoms with Gasteiger partial charge in [-0.2, -0.15) is 0 Å². The molecule has 4 nitrogen and oxygen atoms in total. The molecule has 1 aliphatic heterocycles. The monoisotopic (exact) mass is 286 g/mol. The Morgan fingerprint density at radius 2 is 1.86 bits per heavy atom. The number of fused-ring (bicyclic) bond motifs is 1. The lowest BCUT2D eigenvalue weighted by atomic mass is 10.1. The molecule has 0 amide bonds. The lowest BCUT2D eigenvalue weighted by Crippen LogP contribution is -2.18. The van der Waals surface area contributed by atoms with E-state index >= 15 is 0 Å². The lowest BCUT2D eigenvalue weighted by molar-refractivity contribution is 0.100. The van der Waals surface area contributed by atoms with Crippen LogP contribution in [0.25, 0.3) is 0 Å². The average Bonchev–Trinajstić information content (AvgIpc) is 2.99. The summed E-state index contributed by atoms with van der Waals surface area (Å²) in [7, 11) is 0. The van der Waals surface area contributed by atoms with Crippen LogP contribution >= 0.6 is 0 Å². The number of aliphatic hydroxyl groups is 1. The van der Waals surface area contributed by atoms with Gasteiger partial charge in [-0.3, -0.25) is 0 Å². The zero-order valence-electron chi connectivity index (χ0n) is 11.7. The van der Waals surface area contributed by atoms with Crippen molar-refractivity contribution in [3.63, 3.8) is 0 Å². The Morgan fingerprint density at radius 3 is 2.71 bits per heavy atom. The molecule has 0 saturated heterocycles. The van der Waals surface area contributed by atoms with Gasteiger partial charge >= 0.3 is 0 Å². The summed E-state index contributed by atoms with van der Waals surface area (Å²) in [5, 5.41) is 9.98. The van der Waals surface area contributed by atoms with E-state index in [2.05, 4.69) is 12.1 Å². The summed E-state index contributed by atoms with van der Waals surface area (Å²) >= 11 is 0. The van der Waals surface area contributed by atoms with Crippen LogP contribution in [0.2, 0.25) is 0 Å². The van der Waals surface area contributed by atoms with Gasteiger partial charge in [-0.25, -0.2) is 0 Å². The van der Waals surface area contributed by atoms with E-state index in [-0.39, 0.29) is 13.4 Å². The van der Waals surface area contributed by atoms with Crippen LogP contribution in [-0.2, 0) is 6.42 Å². The van der Waals surface area contributed by atoms with Crippen molar-refractivity contribution in [1.29, 1.82) is 0 Å². The summed E-state index contributed by atoms with van der Waals surface area (Å²) in [6.07, 6.45) is 1.02. The third-order valence-electron chi connectivity index (χ3n) is 3.40. The molecule has 0 fully saturated rings. The van der Waals surface area contributed by atoms with Gasteiger partial charge in [0.05, 0.1) is 6.10 Å². The summed E-state index contributed by atoms with van der Waals surface area (Å²) in [6.45, 7) is 0.519. The van der Waals surface area contributed by atoms with Crippen molar-refractivity contribution in [2.45, 2.75) is 18.9 Å². The number of hydrogen-bond acceptors (Lipinski definition) is 4. The second-order valence-corrected chi connectivity index (χ2v) is 5.00. The van der Waals surface area contributed by atoms with Crippen LogP contribution in [0.1, 0.15) is 12.0 Å². The standard InChI is InChI=1S/C17H18O4/c18-14(7-6-13-4-2-1-3-5-13)11-19-15-8-9-16-17(10-15)21-12-20-16/h1-5,8-10,14,18H,6-7,11-12H2. The third-order valence-corrected chi connectivity index (χ3v) is 3.40. The Hall–Kier alpha value is -2.20. The zero-order valence-corrected chi connectivity index (χ0v) is 11.7. The highest BCUT2D eigenvalue weighted by Gasteiger charge is 2.14. The highest BCUT2D eigenvalue weighted by molar-refractivity contribution is 5.46. The lowest BCUT2D eigenvalue weighted by Gasteiger charge is -2.12. The molecule has 0 bridgehead atoms. The summed E-state index contributed by atoms with van der Waals surface area (Å²) in [5.41, 5.74) is 1.22. The van der Waals surface area contributed by atoms with Crippen molar-refractivity contribution >= 4 is 0 Å². The Morgan fingerprint density at radius 1 is 1.05 bits per heavy atom. The van der Waals surface area contributed by atoms with E-state index in [1.807, 2.05) is 30.3 Å². The highest BCUT2D eigenvalue weighted by Crippen LogP contribution is 2.35. The molecule has 1 aliphatic rings. The maximum absolute atomic E-state index is 9.98. The van der Waals surface area contributed by atoms with Crippen LogP contribution in [0, 0.1) is 0 Å². The molecule has 110 valence electrons. The van der Waals surface area contributed by atoms with Gasteiger partial charge in [0.15, 0.2) is 11.5 Å². The largest absolute Gasteiger partial charge is 0.491 e. The Bertz CT molecular complexity index is 583. The van der Waals surface area contributed by atoms with E-state index in [0.717, 1.165) is 12.2 Å². The van der Waals surface area contributed by atoms with Gasteiger partial charge in [-0.05, 0) is 30.5 Å². The first-order valence-corrected chi connectivity index (χ1v) is 7.06. The van der Waals surface area contributed by atoms with Gasteiger partial charge in [0.1, 0.15) is 12.4 Å². The number of hydrogen-bond donors (Lipinski definition) is 1. The molecule has 0 aliphatic carbocycles. The van der Waals surface area contributed by atoms with Gasteiger partial charge < -0.3 is 19.3 Å². The van der Waals surface area contributed by atoms with Crippen molar-refractivity contribution in [2.24, 2.45) is 0 Å². The molecule has 1 unspecified atom stereocenters. The first-order valence-electron chi connectivity index (χ1n) is 7.06. The minimum atomic E-state index is -0.490. The molecule has 21 heavy (non-hydrogen) atoms. The quantitative estimate of drug-likeness (QED) is 0.887. The van der Waals surface area contributed by atoms with Crippen LogP contribution in [0.3, 0.4) is 0 Å². The first-order chi connectivity index (χ1) is 10.3. The molecule has 3 rings (SSSR count). The summed E-state index contributed by atoms with van der Waals surface area (Å²) < 4.78 is 16.1. The number of aryl methyl sites for hydroxylation is 1. The van der Waals surface area contributed by atoms with E-state index in [9.17, 15) is 5.11 Å². The smallest absolute Gasteiger partial charge is 0.231 e. The molecular weight excluding hydrogens is 268 g/mol. The topological polar surface area (TPSA) is 47.9 Å². The first kappa shape index (κ1) is 13.8. The highest BCUT2D eigenvalue weighted by atomic mass is 16.7. The van der Waals surface area contributed by atoms with E-state index < -0.39 is 6.10 Å². The molecule has 0 radical (unpaired) electrons. The minimum Gasteiger partial charge on any atom is -0.491 e. The molecule has 2 aromatic rings. The van der Waals surface area contributed by atoms with Crippen molar-refractivity contribution in [2.75, 3.05) is 13.4 Å². The number of ether oxygens (including phenoxy) is 3.